The van der Waals surface area contributed by atoms with Gasteiger partial charge >= 0.3 is 0 Å². The SMILES string of the molecule is O/N=C(\Cl)c1cccc(Cl)c1.O/N=C/c1cccc(Cl)c1.O=Cc1cccc(Cl)c1. The summed E-state index contributed by atoms with van der Waals surface area (Å²) >= 11 is 22.4. The second-order valence-corrected chi connectivity index (χ2v) is 7.04. The van der Waals surface area contributed by atoms with E-state index in [2.05, 4.69) is 10.3 Å². The fourth-order valence-electron chi connectivity index (χ4n) is 1.91. The molecule has 0 saturated heterocycles. The quantitative estimate of drug-likeness (QED) is 0.181. The van der Waals surface area contributed by atoms with Crippen LogP contribution in [0.25, 0.3) is 0 Å². The number of carbonyl (C=O) groups excluding carboxylic acids is 1. The van der Waals surface area contributed by atoms with Crippen molar-refractivity contribution >= 4 is 64.1 Å². The molecule has 0 spiro atoms. The summed E-state index contributed by atoms with van der Waals surface area (Å²) in [5.74, 6) is 0. The number of carbonyl (C=O) groups is 1. The van der Waals surface area contributed by atoms with Crippen LogP contribution in [0.5, 0.6) is 0 Å². The van der Waals surface area contributed by atoms with Gasteiger partial charge in [0.15, 0.2) is 5.17 Å². The van der Waals surface area contributed by atoms with Gasteiger partial charge in [0, 0.05) is 26.2 Å². The van der Waals surface area contributed by atoms with Crippen LogP contribution in [0.3, 0.4) is 0 Å². The van der Waals surface area contributed by atoms with E-state index in [4.69, 9.17) is 56.8 Å². The van der Waals surface area contributed by atoms with Gasteiger partial charge in [-0.05, 0) is 42.0 Å². The Bertz CT molecular complexity index is 1010. The smallest absolute Gasteiger partial charge is 0.175 e. The molecule has 0 saturated carbocycles. The van der Waals surface area contributed by atoms with E-state index in [1.807, 2.05) is 0 Å². The maximum absolute atomic E-state index is 10.1. The van der Waals surface area contributed by atoms with Gasteiger partial charge in [-0.1, -0.05) is 93.1 Å². The zero-order valence-electron chi connectivity index (χ0n) is 15.3. The van der Waals surface area contributed by atoms with Gasteiger partial charge in [-0.2, -0.15) is 0 Å². The van der Waals surface area contributed by atoms with Crippen molar-refractivity contribution in [3.05, 3.63) is 105 Å². The lowest BCUT2D eigenvalue weighted by atomic mass is 10.2. The third kappa shape index (κ3) is 10.3. The third-order valence-electron chi connectivity index (χ3n) is 3.19. The van der Waals surface area contributed by atoms with Crippen molar-refractivity contribution in [1.82, 2.24) is 0 Å². The summed E-state index contributed by atoms with van der Waals surface area (Å²) in [6.07, 6.45) is 2.09. The minimum atomic E-state index is 0.0347. The summed E-state index contributed by atoms with van der Waals surface area (Å²) in [6, 6.07) is 20.6. The first-order valence-electron chi connectivity index (χ1n) is 8.16. The van der Waals surface area contributed by atoms with Gasteiger partial charge < -0.3 is 10.4 Å². The summed E-state index contributed by atoms with van der Waals surface area (Å²) in [4.78, 5) is 10.1. The molecule has 0 heterocycles. The molecule has 156 valence electrons. The summed E-state index contributed by atoms with van der Waals surface area (Å²) < 4.78 is 0. The molecule has 0 aromatic heterocycles. The molecule has 9 heteroatoms. The van der Waals surface area contributed by atoms with E-state index in [1.165, 1.54) is 6.21 Å². The Balaban J connectivity index is 0.000000226. The Hall–Kier alpha value is -2.57. The average Bonchev–Trinajstić information content (AvgIpc) is 2.74. The summed E-state index contributed by atoms with van der Waals surface area (Å²) in [6.45, 7) is 0. The first-order valence-corrected chi connectivity index (χ1v) is 9.68. The maximum atomic E-state index is 10.1. The lowest BCUT2D eigenvalue weighted by Crippen LogP contribution is -1.89. The normalized spacial score (nSPS) is 10.5. The van der Waals surface area contributed by atoms with E-state index in [1.54, 1.807) is 72.8 Å². The number of halogens is 4. The molecule has 0 atom stereocenters. The highest BCUT2D eigenvalue weighted by Crippen LogP contribution is 2.12. The molecule has 0 aliphatic heterocycles. The van der Waals surface area contributed by atoms with Crippen LogP contribution in [-0.4, -0.2) is 28.1 Å². The van der Waals surface area contributed by atoms with Gasteiger partial charge in [-0.15, -0.1) is 0 Å². The molecule has 0 unspecified atom stereocenters. The van der Waals surface area contributed by atoms with Gasteiger partial charge in [0.1, 0.15) is 6.29 Å². The number of benzene rings is 3. The Morgan fingerprint density at radius 2 is 1.27 bits per heavy atom. The van der Waals surface area contributed by atoms with E-state index in [0.29, 0.717) is 26.2 Å². The van der Waals surface area contributed by atoms with E-state index in [-0.39, 0.29) is 5.17 Å². The molecule has 3 rings (SSSR count). The highest BCUT2D eigenvalue weighted by Gasteiger charge is 1.99. The molecule has 2 N–H and O–H groups in total. The third-order valence-corrected chi connectivity index (χ3v) is 4.19. The van der Waals surface area contributed by atoms with Crippen molar-refractivity contribution in [1.29, 1.82) is 0 Å². The number of nitrogens with zero attached hydrogens (tertiary/aromatic N) is 2. The molecule has 3 aromatic carbocycles. The average molecular weight is 486 g/mol. The molecular weight excluding hydrogens is 470 g/mol. The second-order valence-electron chi connectivity index (χ2n) is 5.37. The van der Waals surface area contributed by atoms with E-state index < -0.39 is 0 Å². The molecule has 3 aromatic rings. The fraction of sp³-hybridized carbons (Fsp3) is 0. The van der Waals surface area contributed by atoms with Gasteiger partial charge in [0.2, 0.25) is 0 Å². The lowest BCUT2D eigenvalue weighted by Gasteiger charge is -1.95. The van der Waals surface area contributed by atoms with Gasteiger partial charge in [-0.3, -0.25) is 4.79 Å². The number of oxime groups is 2. The number of hydrogen-bond donors (Lipinski definition) is 2. The topological polar surface area (TPSA) is 82.2 Å². The van der Waals surface area contributed by atoms with Crippen LogP contribution >= 0.6 is 46.4 Å². The zero-order valence-corrected chi connectivity index (χ0v) is 18.3. The Morgan fingerprint density at radius 1 is 0.767 bits per heavy atom. The monoisotopic (exact) mass is 484 g/mol. The second kappa shape index (κ2) is 14.4. The molecule has 0 bridgehead atoms. The predicted octanol–water partition coefficient (Wildman–Crippen LogP) is 7.02. The summed E-state index contributed by atoms with van der Waals surface area (Å²) in [7, 11) is 0. The van der Waals surface area contributed by atoms with Crippen LogP contribution in [0.4, 0.5) is 0 Å². The van der Waals surface area contributed by atoms with E-state index >= 15 is 0 Å². The molecule has 0 aliphatic rings. The van der Waals surface area contributed by atoms with Gasteiger partial charge in [0.25, 0.3) is 0 Å². The maximum Gasteiger partial charge on any atom is 0.175 e. The lowest BCUT2D eigenvalue weighted by molar-refractivity contribution is 0.112. The highest BCUT2D eigenvalue weighted by atomic mass is 35.5. The first kappa shape index (κ1) is 25.5. The number of hydrogen-bond acceptors (Lipinski definition) is 5. The van der Waals surface area contributed by atoms with Crippen molar-refractivity contribution in [2.75, 3.05) is 0 Å². The van der Waals surface area contributed by atoms with Crippen molar-refractivity contribution in [2.24, 2.45) is 10.3 Å². The standard InChI is InChI=1S/C7H5Cl2NO.C7H6ClNO.C7H5ClO/c8-6-3-1-2-5(4-6)7(9)10-11;8-7-3-1-2-6(4-7)5-9-10;8-7-3-1-2-6(4-7)5-9/h1-4,11H;1-5,10H;1-5H/b10-7-;9-5+;. The van der Waals surface area contributed by atoms with Gasteiger partial charge in [-0.25, -0.2) is 0 Å². The number of aldehydes is 1. The minimum absolute atomic E-state index is 0.0347. The molecule has 5 nitrogen and oxygen atoms in total. The summed E-state index contributed by atoms with van der Waals surface area (Å²) in [5, 5.41) is 23.9. The van der Waals surface area contributed by atoms with Crippen molar-refractivity contribution < 1.29 is 15.2 Å². The minimum Gasteiger partial charge on any atom is -0.411 e. The van der Waals surface area contributed by atoms with Crippen LogP contribution < -0.4 is 0 Å². The Morgan fingerprint density at radius 3 is 1.70 bits per heavy atom. The van der Waals surface area contributed by atoms with Crippen LogP contribution in [0.15, 0.2) is 83.1 Å². The molecule has 0 aliphatic carbocycles. The van der Waals surface area contributed by atoms with Crippen LogP contribution in [0.1, 0.15) is 21.5 Å². The predicted molar refractivity (Wildman–Crippen MR) is 123 cm³/mol. The molecular formula is C21H16Cl4N2O3. The fourth-order valence-corrected chi connectivity index (χ4v) is 2.61. The van der Waals surface area contributed by atoms with E-state index in [0.717, 1.165) is 11.8 Å². The number of rotatable bonds is 3. The molecule has 0 radical (unpaired) electrons. The summed E-state index contributed by atoms with van der Waals surface area (Å²) in [5.41, 5.74) is 2.00. The highest BCUT2D eigenvalue weighted by molar-refractivity contribution is 6.69. The van der Waals surface area contributed by atoms with Crippen LogP contribution in [-0.2, 0) is 0 Å². The van der Waals surface area contributed by atoms with Crippen molar-refractivity contribution in [3.8, 4) is 0 Å². The zero-order chi connectivity index (χ0) is 22.4. The molecule has 0 amide bonds. The Labute approximate surface area is 193 Å². The Kier molecular flexibility index (Phi) is 12.2. The van der Waals surface area contributed by atoms with Crippen LogP contribution in [0, 0.1) is 0 Å². The molecule has 30 heavy (non-hydrogen) atoms. The van der Waals surface area contributed by atoms with E-state index in [9.17, 15) is 4.79 Å². The first-order chi connectivity index (χ1) is 14.4. The van der Waals surface area contributed by atoms with Crippen LogP contribution in [0.2, 0.25) is 15.1 Å². The van der Waals surface area contributed by atoms with Crippen molar-refractivity contribution in [2.45, 2.75) is 0 Å². The van der Waals surface area contributed by atoms with Gasteiger partial charge in [0.05, 0.1) is 6.21 Å². The molecule has 0 fully saturated rings. The van der Waals surface area contributed by atoms with Crippen molar-refractivity contribution in [3.63, 3.8) is 0 Å². The largest absolute Gasteiger partial charge is 0.411 e.